The molecular weight excluding hydrogens is 484 g/mol. The van der Waals surface area contributed by atoms with Crippen LogP contribution in [0.15, 0.2) is 24.3 Å². The van der Waals surface area contributed by atoms with Gasteiger partial charge in [-0.25, -0.2) is 0 Å². The standard InChI is InChI=1S/C29H40N4O5/c1-2-37-24-18-33(25-23(34)19-38-26(24)25)28(36)29(12-4-3-5-13-29)30-27(35)20-6-8-21(9-7-20)31-14-16-32(17-15-31)22-10-11-22/h6-9,22,24-26H,2-5,10-19H2,1H3,(H,30,35)/t24-,25+,26+/m0/s1. The number of rotatable bonds is 7. The maximum atomic E-state index is 14.1. The van der Waals surface area contributed by atoms with Crippen molar-refractivity contribution in [2.45, 2.75) is 81.7 Å². The number of benzene rings is 1. The molecule has 3 heterocycles. The predicted octanol–water partition coefficient (Wildman–Crippen LogP) is 1.99. The van der Waals surface area contributed by atoms with Gasteiger partial charge >= 0.3 is 0 Å². The third kappa shape index (κ3) is 4.84. The molecule has 2 saturated carbocycles. The van der Waals surface area contributed by atoms with E-state index in [1.807, 2.05) is 31.2 Å². The largest absolute Gasteiger partial charge is 0.374 e. The minimum Gasteiger partial charge on any atom is -0.374 e. The molecule has 38 heavy (non-hydrogen) atoms. The monoisotopic (exact) mass is 524 g/mol. The van der Waals surface area contributed by atoms with E-state index in [0.717, 1.165) is 57.2 Å². The molecule has 5 aliphatic rings. The molecule has 6 rings (SSSR count). The first kappa shape index (κ1) is 25.8. The topological polar surface area (TPSA) is 91.4 Å². The molecule has 0 spiro atoms. The highest BCUT2D eigenvalue weighted by molar-refractivity contribution is 6.01. The van der Waals surface area contributed by atoms with Gasteiger partial charge in [0.2, 0.25) is 5.91 Å². The molecule has 0 unspecified atom stereocenters. The van der Waals surface area contributed by atoms with E-state index in [9.17, 15) is 14.4 Å². The van der Waals surface area contributed by atoms with Gasteiger partial charge in [0.25, 0.3) is 5.91 Å². The SMILES string of the molecule is CCO[C@H]1CN(C(=O)C2(NC(=O)c3ccc(N4CCN(C5CC5)CC4)cc3)CCCCC2)[C@@H]2C(=O)CO[C@H]12. The highest BCUT2D eigenvalue weighted by Crippen LogP contribution is 2.36. The van der Waals surface area contributed by atoms with Gasteiger partial charge in [-0.1, -0.05) is 19.3 Å². The molecule has 0 aromatic heterocycles. The van der Waals surface area contributed by atoms with Crippen molar-refractivity contribution in [1.29, 1.82) is 0 Å². The van der Waals surface area contributed by atoms with Crippen LogP contribution in [0.2, 0.25) is 0 Å². The molecule has 9 heteroatoms. The Morgan fingerprint density at radius 1 is 1.05 bits per heavy atom. The minimum absolute atomic E-state index is 0.00399. The fourth-order valence-electron chi connectivity index (χ4n) is 6.90. The van der Waals surface area contributed by atoms with Gasteiger partial charge < -0.3 is 24.6 Å². The number of carbonyl (C=O) groups is 3. The summed E-state index contributed by atoms with van der Waals surface area (Å²) in [6, 6.07) is 7.93. The molecule has 206 valence electrons. The van der Waals surface area contributed by atoms with Crippen LogP contribution in [0.1, 0.15) is 62.2 Å². The summed E-state index contributed by atoms with van der Waals surface area (Å²) < 4.78 is 11.6. The van der Waals surface area contributed by atoms with Gasteiger partial charge in [0.1, 0.15) is 30.4 Å². The number of ether oxygens (including phenoxy) is 2. The van der Waals surface area contributed by atoms with Gasteiger partial charge in [0.05, 0.1) is 6.54 Å². The Bertz CT molecular complexity index is 1040. The molecule has 3 aliphatic heterocycles. The van der Waals surface area contributed by atoms with Crippen LogP contribution < -0.4 is 10.2 Å². The molecule has 0 radical (unpaired) electrons. The van der Waals surface area contributed by atoms with E-state index in [0.29, 0.717) is 31.6 Å². The fraction of sp³-hybridized carbons (Fsp3) is 0.690. The maximum Gasteiger partial charge on any atom is 0.252 e. The summed E-state index contributed by atoms with van der Waals surface area (Å²) >= 11 is 0. The molecule has 1 aromatic rings. The average Bonchev–Trinajstić information content (AvgIpc) is 3.64. The third-order valence-electron chi connectivity index (χ3n) is 9.12. The minimum atomic E-state index is -1.01. The second-order valence-electron chi connectivity index (χ2n) is 11.5. The number of amides is 2. The van der Waals surface area contributed by atoms with Crippen LogP contribution >= 0.6 is 0 Å². The summed E-state index contributed by atoms with van der Waals surface area (Å²) in [6.45, 7) is 6.89. The van der Waals surface area contributed by atoms with Gasteiger partial charge in [0.15, 0.2) is 5.78 Å². The van der Waals surface area contributed by atoms with Crippen LogP contribution in [-0.2, 0) is 19.1 Å². The number of fused-ring (bicyclic) bond motifs is 1. The van der Waals surface area contributed by atoms with E-state index in [4.69, 9.17) is 9.47 Å². The van der Waals surface area contributed by atoms with E-state index in [1.165, 1.54) is 12.8 Å². The van der Waals surface area contributed by atoms with E-state index in [1.54, 1.807) is 4.90 Å². The van der Waals surface area contributed by atoms with Crippen LogP contribution in [0, 0.1) is 0 Å². The molecule has 2 aliphatic carbocycles. The zero-order valence-electron chi connectivity index (χ0n) is 22.4. The first-order valence-electron chi connectivity index (χ1n) is 14.5. The van der Waals surface area contributed by atoms with Crippen molar-refractivity contribution in [3.63, 3.8) is 0 Å². The molecular formula is C29H40N4O5. The molecule has 5 fully saturated rings. The van der Waals surface area contributed by atoms with Crippen LogP contribution in [0.5, 0.6) is 0 Å². The van der Waals surface area contributed by atoms with Gasteiger partial charge in [-0.2, -0.15) is 0 Å². The van der Waals surface area contributed by atoms with Gasteiger partial charge in [0, 0.05) is 50.1 Å². The Hall–Kier alpha value is -2.49. The zero-order chi connectivity index (χ0) is 26.3. The van der Waals surface area contributed by atoms with E-state index in [-0.39, 0.29) is 30.3 Å². The van der Waals surface area contributed by atoms with E-state index < -0.39 is 17.7 Å². The summed E-state index contributed by atoms with van der Waals surface area (Å²) in [4.78, 5) is 46.9. The number of hydrogen-bond acceptors (Lipinski definition) is 7. The fourth-order valence-corrected chi connectivity index (χ4v) is 6.90. The Morgan fingerprint density at radius 3 is 2.42 bits per heavy atom. The Balaban J connectivity index is 1.15. The Morgan fingerprint density at radius 2 is 1.76 bits per heavy atom. The number of likely N-dealkylation sites (tertiary alicyclic amines) is 1. The lowest BCUT2D eigenvalue weighted by atomic mass is 9.80. The average molecular weight is 525 g/mol. The molecule has 3 atom stereocenters. The van der Waals surface area contributed by atoms with Gasteiger partial charge in [-0.05, 0) is 56.9 Å². The van der Waals surface area contributed by atoms with Crippen LogP contribution in [0.25, 0.3) is 0 Å². The number of carbonyl (C=O) groups excluding carboxylic acids is 3. The van der Waals surface area contributed by atoms with Crippen LogP contribution in [0.3, 0.4) is 0 Å². The van der Waals surface area contributed by atoms with Gasteiger partial charge in [-0.3, -0.25) is 19.3 Å². The summed E-state index contributed by atoms with van der Waals surface area (Å²) in [7, 11) is 0. The first-order valence-corrected chi connectivity index (χ1v) is 14.5. The number of ketones is 1. The van der Waals surface area contributed by atoms with Crippen molar-refractivity contribution in [1.82, 2.24) is 15.1 Å². The number of nitrogens with zero attached hydrogens (tertiary/aromatic N) is 3. The third-order valence-corrected chi connectivity index (χ3v) is 9.12. The first-order chi connectivity index (χ1) is 18.5. The molecule has 1 N–H and O–H groups in total. The van der Waals surface area contributed by atoms with Crippen molar-refractivity contribution in [2.24, 2.45) is 0 Å². The summed E-state index contributed by atoms with van der Waals surface area (Å²) in [5, 5.41) is 3.15. The molecule has 1 aromatic carbocycles. The van der Waals surface area contributed by atoms with E-state index in [2.05, 4.69) is 15.1 Å². The van der Waals surface area contributed by atoms with Crippen LogP contribution in [-0.4, -0.2) is 103 Å². The molecule has 2 amide bonds. The van der Waals surface area contributed by atoms with Crippen molar-refractivity contribution >= 4 is 23.3 Å². The van der Waals surface area contributed by atoms with Crippen LogP contribution in [0.4, 0.5) is 5.69 Å². The number of piperazine rings is 1. The van der Waals surface area contributed by atoms with E-state index >= 15 is 0 Å². The van der Waals surface area contributed by atoms with Crippen molar-refractivity contribution in [2.75, 3.05) is 50.8 Å². The molecule has 3 saturated heterocycles. The number of Topliss-reactive ketones (excluding diaryl/α,β-unsaturated/α-hetero) is 1. The highest BCUT2D eigenvalue weighted by Gasteiger charge is 2.56. The normalized spacial score (nSPS) is 29.4. The summed E-state index contributed by atoms with van der Waals surface area (Å²) in [6.07, 6.45) is 5.82. The Kier molecular flexibility index (Phi) is 7.18. The maximum absolute atomic E-state index is 14.1. The lowest BCUT2D eigenvalue weighted by molar-refractivity contribution is -0.143. The molecule has 0 bridgehead atoms. The zero-order valence-corrected chi connectivity index (χ0v) is 22.4. The lowest BCUT2D eigenvalue weighted by Gasteiger charge is -2.40. The number of nitrogens with one attached hydrogen (secondary N) is 1. The summed E-state index contributed by atoms with van der Waals surface area (Å²) in [5.41, 5.74) is 0.668. The Labute approximate surface area is 224 Å². The molecule has 9 nitrogen and oxygen atoms in total. The highest BCUT2D eigenvalue weighted by atomic mass is 16.6. The van der Waals surface area contributed by atoms with Crippen molar-refractivity contribution < 1.29 is 23.9 Å². The quantitative estimate of drug-likeness (QED) is 0.583. The summed E-state index contributed by atoms with van der Waals surface area (Å²) in [5.74, 6) is -0.500. The second-order valence-corrected chi connectivity index (χ2v) is 11.5. The number of anilines is 1. The van der Waals surface area contributed by atoms with Crippen molar-refractivity contribution in [3.05, 3.63) is 29.8 Å². The number of hydrogen-bond donors (Lipinski definition) is 1. The van der Waals surface area contributed by atoms with Gasteiger partial charge in [-0.15, -0.1) is 0 Å². The predicted molar refractivity (Wildman–Crippen MR) is 142 cm³/mol. The smallest absolute Gasteiger partial charge is 0.252 e. The lowest BCUT2D eigenvalue weighted by Crippen LogP contribution is -2.62. The van der Waals surface area contributed by atoms with Crippen molar-refractivity contribution in [3.8, 4) is 0 Å². The second kappa shape index (κ2) is 10.6.